The van der Waals surface area contributed by atoms with Crippen molar-refractivity contribution in [3.05, 3.63) is 40.9 Å². The zero-order valence-electron chi connectivity index (χ0n) is 10.6. The van der Waals surface area contributed by atoms with Gasteiger partial charge in [0.25, 0.3) is 0 Å². The van der Waals surface area contributed by atoms with E-state index in [1.807, 2.05) is 18.2 Å². The van der Waals surface area contributed by atoms with E-state index < -0.39 is 6.10 Å². The molecule has 100 valence electrons. The first-order valence-corrected chi connectivity index (χ1v) is 6.62. The highest BCUT2D eigenvalue weighted by Gasteiger charge is 2.19. The zero-order chi connectivity index (χ0) is 13.4. The van der Waals surface area contributed by atoms with Crippen molar-refractivity contribution >= 4 is 17.3 Å². The molecule has 3 rings (SSSR count). The van der Waals surface area contributed by atoms with Crippen molar-refractivity contribution in [2.45, 2.75) is 26.1 Å². The normalized spacial score (nSPS) is 16.3. The van der Waals surface area contributed by atoms with Gasteiger partial charge in [-0.25, -0.2) is 0 Å². The second-order valence-electron chi connectivity index (χ2n) is 4.75. The number of rotatable bonds is 2. The molecule has 0 spiro atoms. The Bertz CT molecular complexity index is 596. The fraction of sp³-hybridized carbons (Fsp3) is 0.385. The topological polar surface area (TPSA) is 54.2 Å². The molecule has 2 aromatic rings. The fourth-order valence-corrected chi connectivity index (χ4v) is 2.62. The van der Waals surface area contributed by atoms with Crippen molar-refractivity contribution in [3.63, 3.8) is 0 Å². The van der Waals surface area contributed by atoms with Crippen LogP contribution in [-0.2, 0) is 13.1 Å². The number of aliphatic hydroxyl groups is 1. The summed E-state index contributed by atoms with van der Waals surface area (Å²) in [5, 5.41) is 18.2. The second kappa shape index (κ2) is 4.83. The molecule has 0 radical (unpaired) electrons. The van der Waals surface area contributed by atoms with Crippen molar-refractivity contribution in [1.29, 1.82) is 0 Å². The smallest absolute Gasteiger partial charge is 0.152 e. The lowest BCUT2D eigenvalue weighted by Gasteiger charge is -2.30. The monoisotopic (exact) mass is 278 g/mol. The molecular formula is C13H15ClN4O. The molecule has 0 saturated heterocycles. The molecule has 0 amide bonds. The summed E-state index contributed by atoms with van der Waals surface area (Å²) >= 11 is 6.31. The SMILES string of the molecule is C[C@H](O)c1ccc(N2CCn3cnnc3C2)c(Cl)c1. The zero-order valence-corrected chi connectivity index (χ0v) is 11.4. The Labute approximate surface area is 116 Å². The van der Waals surface area contributed by atoms with Crippen LogP contribution in [0.5, 0.6) is 0 Å². The van der Waals surface area contributed by atoms with Crippen molar-refractivity contribution < 1.29 is 5.11 Å². The van der Waals surface area contributed by atoms with Crippen molar-refractivity contribution in [3.8, 4) is 0 Å². The molecule has 1 aromatic carbocycles. The number of anilines is 1. The number of halogens is 1. The van der Waals surface area contributed by atoms with Crippen LogP contribution in [-0.4, -0.2) is 26.4 Å². The number of aliphatic hydroxyl groups excluding tert-OH is 1. The van der Waals surface area contributed by atoms with Crippen molar-refractivity contribution in [2.75, 3.05) is 11.4 Å². The molecule has 0 unspecified atom stereocenters. The average molecular weight is 279 g/mol. The van der Waals surface area contributed by atoms with E-state index in [0.29, 0.717) is 11.6 Å². The summed E-state index contributed by atoms with van der Waals surface area (Å²) in [6, 6.07) is 5.68. The molecule has 0 saturated carbocycles. The molecule has 1 aromatic heterocycles. The molecule has 1 aliphatic heterocycles. The van der Waals surface area contributed by atoms with E-state index in [9.17, 15) is 5.11 Å². The lowest BCUT2D eigenvalue weighted by Crippen LogP contribution is -2.33. The van der Waals surface area contributed by atoms with Crippen LogP contribution >= 0.6 is 11.6 Å². The largest absolute Gasteiger partial charge is 0.389 e. The number of aromatic nitrogens is 3. The summed E-state index contributed by atoms with van der Waals surface area (Å²) in [7, 11) is 0. The minimum Gasteiger partial charge on any atom is -0.389 e. The van der Waals surface area contributed by atoms with E-state index in [1.54, 1.807) is 13.3 Å². The summed E-state index contributed by atoms with van der Waals surface area (Å²) < 4.78 is 2.05. The van der Waals surface area contributed by atoms with E-state index in [-0.39, 0.29) is 0 Å². The third-order valence-electron chi connectivity index (χ3n) is 3.43. The lowest BCUT2D eigenvalue weighted by molar-refractivity contribution is 0.199. The van der Waals surface area contributed by atoms with Gasteiger partial charge in [0.1, 0.15) is 6.33 Å². The van der Waals surface area contributed by atoms with Gasteiger partial charge in [0.2, 0.25) is 0 Å². The van der Waals surface area contributed by atoms with E-state index in [2.05, 4.69) is 19.7 Å². The summed E-state index contributed by atoms with van der Waals surface area (Å²) in [6.07, 6.45) is 1.25. The van der Waals surface area contributed by atoms with E-state index in [4.69, 9.17) is 11.6 Å². The first-order valence-electron chi connectivity index (χ1n) is 6.24. The van der Waals surface area contributed by atoms with Gasteiger partial charge in [0, 0.05) is 13.1 Å². The summed E-state index contributed by atoms with van der Waals surface area (Å²) in [6.45, 7) is 4.16. The third-order valence-corrected chi connectivity index (χ3v) is 3.74. The van der Waals surface area contributed by atoms with Crippen LogP contribution in [0.2, 0.25) is 5.02 Å². The summed E-state index contributed by atoms with van der Waals surface area (Å²) in [5.41, 5.74) is 1.80. The number of nitrogens with zero attached hydrogens (tertiary/aromatic N) is 4. The fourth-order valence-electron chi connectivity index (χ4n) is 2.31. The van der Waals surface area contributed by atoms with E-state index in [0.717, 1.165) is 30.2 Å². The predicted molar refractivity (Wildman–Crippen MR) is 73.2 cm³/mol. The maximum Gasteiger partial charge on any atom is 0.152 e. The first kappa shape index (κ1) is 12.4. The van der Waals surface area contributed by atoms with Gasteiger partial charge in [0.05, 0.1) is 23.4 Å². The Kier molecular flexibility index (Phi) is 3.16. The van der Waals surface area contributed by atoms with Gasteiger partial charge < -0.3 is 14.6 Å². The molecule has 1 atom stereocenters. The average Bonchev–Trinajstić information content (AvgIpc) is 2.85. The Hall–Kier alpha value is -1.59. The van der Waals surface area contributed by atoms with E-state index in [1.165, 1.54) is 0 Å². The molecule has 0 aliphatic carbocycles. The number of benzene rings is 1. The maximum atomic E-state index is 9.56. The van der Waals surface area contributed by atoms with Gasteiger partial charge in [0.15, 0.2) is 5.82 Å². The minimum atomic E-state index is -0.504. The summed E-state index contributed by atoms with van der Waals surface area (Å²) in [5.74, 6) is 0.946. The lowest BCUT2D eigenvalue weighted by atomic mass is 10.1. The first-order chi connectivity index (χ1) is 9.15. The van der Waals surface area contributed by atoms with Gasteiger partial charge in [-0.3, -0.25) is 0 Å². The Morgan fingerprint density at radius 3 is 2.95 bits per heavy atom. The number of hydrogen-bond acceptors (Lipinski definition) is 4. The number of fused-ring (bicyclic) bond motifs is 1. The molecular weight excluding hydrogens is 264 g/mol. The quantitative estimate of drug-likeness (QED) is 0.913. The highest BCUT2D eigenvalue weighted by atomic mass is 35.5. The molecule has 1 aliphatic rings. The van der Waals surface area contributed by atoms with Crippen molar-refractivity contribution in [1.82, 2.24) is 14.8 Å². The Morgan fingerprint density at radius 2 is 2.21 bits per heavy atom. The maximum absolute atomic E-state index is 9.56. The molecule has 19 heavy (non-hydrogen) atoms. The van der Waals surface area contributed by atoms with Gasteiger partial charge in [-0.15, -0.1) is 10.2 Å². The Balaban J connectivity index is 1.88. The molecule has 0 fully saturated rings. The van der Waals surface area contributed by atoms with Crippen LogP contribution in [0.4, 0.5) is 5.69 Å². The molecule has 0 bridgehead atoms. The van der Waals surface area contributed by atoms with Crippen LogP contribution < -0.4 is 4.90 Å². The van der Waals surface area contributed by atoms with Crippen molar-refractivity contribution in [2.24, 2.45) is 0 Å². The highest BCUT2D eigenvalue weighted by molar-refractivity contribution is 6.33. The van der Waals surface area contributed by atoms with Gasteiger partial charge >= 0.3 is 0 Å². The Morgan fingerprint density at radius 1 is 1.37 bits per heavy atom. The third kappa shape index (κ3) is 2.31. The van der Waals surface area contributed by atoms with Crippen LogP contribution in [0, 0.1) is 0 Å². The van der Waals surface area contributed by atoms with E-state index >= 15 is 0 Å². The van der Waals surface area contributed by atoms with Crippen LogP contribution in [0.25, 0.3) is 0 Å². The van der Waals surface area contributed by atoms with Crippen LogP contribution in [0.3, 0.4) is 0 Å². The summed E-state index contributed by atoms with van der Waals surface area (Å²) in [4.78, 5) is 2.18. The molecule has 5 nitrogen and oxygen atoms in total. The molecule has 2 heterocycles. The highest BCUT2D eigenvalue weighted by Crippen LogP contribution is 2.30. The van der Waals surface area contributed by atoms with Crippen LogP contribution in [0.1, 0.15) is 24.4 Å². The van der Waals surface area contributed by atoms with Gasteiger partial charge in [-0.1, -0.05) is 17.7 Å². The second-order valence-corrected chi connectivity index (χ2v) is 5.16. The molecule has 1 N–H and O–H groups in total. The predicted octanol–water partition coefficient (Wildman–Crippen LogP) is 2.00. The number of hydrogen-bond donors (Lipinski definition) is 1. The molecule has 6 heteroatoms. The van der Waals surface area contributed by atoms with Crippen LogP contribution in [0.15, 0.2) is 24.5 Å². The minimum absolute atomic E-state index is 0.504. The van der Waals surface area contributed by atoms with Gasteiger partial charge in [-0.2, -0.15) is 0 Å². The standard InChI is InChI=1S/C13H15ClN4O/c1-9(19)10-2-3-12(11(14)6-10)17-4-5-18-8-15-16-13(18)7-17/h2-3,6,8-9,19H,4-5,7H2,1H3/t9-/m0/s1. The van der Waals surface area contributed by atoms with Gasteiger partial charge in [-0.05, 0) is 24.6 Å².